The Labute approximate surface area is 178 Å². The quantitative estimate of drug-likeness (QED) is 0.693. The van der Waals surface area contributed by atoms with Crippen LogP contribution in [0, 0.1) is 5.82 Å². The van der Waals surface area contributed by atoms with Crippen molar-refractivity contribution in [3.05, 3.63) is 53.2 Å². The summed E-state index contributed by atoms with van der Waals surface area (Å²) in [7, 11) is -3.45. The molecule has 3 heterocycles. The number of thioether (sulfide) groups is 1. The van der Waals surface area contributed by atoms with E-state index in [1.165, 1.54) is 21.7 Å². The number of rotatable bonds is 5. The Morgan fingerprint density at radius 3 is 2.52 bits per heavy atom. The zero-order valence-corrected chi connectivity index (χ0v) is 18.2. The molecule has 156 valence electrons. The minimum Gasteiger partial charge on any atom is -0.325 e. The smallest absolute Gasteiger partial charge is 0.252 e. The normalized spacial score (nSPS) is 21.6. The molecule has 2 saturated heterocycles. The molecular weight excluding hydrogens is 433 g/mol. The SMILES string of the molecule is O=C(CN1CCN(S(=O)(=O)c2cccs2)CC1)N1CCS[C@@H]1c1ccccc1F. The van der Waals surface area contributed by atoms with Crippen LogP contribution in [-0.2, 0) is 14.8 Å². The first-order valence-corrected chi connectivity index (χ1v) is 12.7. The molecule has 2 fully saturated rings. The fourth-order valence-electron chi connectivity index (χ4n) is 3.61. The molecule has 2 aliphatic rings. The summed E-state index contributed by atoms with van der Waals surface area (Å²) in [5.74, 6) is 0.437. The molecule has 4 rings (SSSR count). The van der Waals surface area contributed by atoms with E-state index in [1.54, 1.807) is 52.4 Å². The second kappa shape index (κ2) is 8.73. The molecule has 2 aromatic rings. The number of carbonyl (C=O) groups is 1. The van der Waals surface area contributed by atoms with Crippen LogP contribution in [0.4, 0.5) is 4.39 Å². The Hall–Kier alpha value is -1.46. The third-order valence-corrected chi connectivity index (χ3v) is 9.68. The summed E-state index contributed by atoms with van der Waals surface area (Å²) < 4.78 is 41.3. The molecule has 10 heteroatoms. The third-order valence-electron chi connectivity index (χ3n) is 5.16. The van der Waals surface area contributed by atoms with Crippen LogP contribution in [-0.4, -0.2) is 73.5 Å². The standard InChI is InChI=1S/C19H22FN3O3S3/c20-16-5-2-1-4-15(16)19-23(11-13-28-19)17(24)14-21-7-9-22(10-8-21)29(25,26)18-6-3-12-27-18/h1-6,12,19H,7-11,13-14H2/t19-/m1/s1. The molecule has 0 aliphatic carbocycles. The number of amides is 1. The van der Waals surface area contributed by atoms with E-state index in [1.807, 2.05) is 4.90 Å². The highest BCUT2D eigenvalue weighted by molar-refractivity contribution is 7.99. The first-order valence-electron chi connectivity index (χ1n) is 9.38. The molecule has 29 heavy (non-hydrogen) atoms. The fourth-order valence-corrected chi connectivity index (χ4v) is 7.47. The van der Waals surface area contributed by atoms with Crippen molar-refractivity contribution in [2.75, 3.05) is 45.0 Å². The molecule has 0 spiro atoms. The maximum absolute atomic E-state index is 14.2. The van der Waals surface area contributed by atoms with E-state index in [4.69, 9.17) is 0 Å². The maximum atomic E-state index is 14.2. The molecule has 0 N–H and O–H groups in total. The highest BCUT2D eigenvalue weighted by Gasteiger charge is 2.34. The summed E-state index contributed by atoms with van der Waals surface area (Å²) in [4.78, 5) is 16.6. The molecule has 0 unspecified atom stereocenters. The first kappa shape index (κ1) is 20.8. The molecule has 1 aromatic carbocycles. The van der Waals surface area contributed by atoms with Gasteiger partial charge in [-0.05, 0) is 17.5 Å². The van der Waals surface area contributed by atoms with Gasteiger partial charge in [-0.3, -0.25) is 9.69 Å². The van der Waals surface area contributed by atoms with Gasteiger partial charge in [-0.1, -0.05) is 24.3 Å². The molecule has 2 aliphatic heterocycles. The van der Waals surface area contributed by atoms with E-state index in [0.717, 1.165) is 5.75 Å². The van der Waals surface area contributed by atoms with Crippen LogP contribution in [0.2, 0.25) is 0 Å². The summed E-state index contributed by atoms with van der Waals surface area (Å²) in [5.41, 5.74) is 0.537. The van der Waals surface area contributed by atoms with Crippen molar-refractivity contribution in [3.63, 3.8) is 0 Å². The number of nitrogens with zero attached hydrogens (tertiary/aromatic N) is 3. The number of hydrogen-bond acceptors (Lipinski definition) is 6. The second-order valence-corrected chi connectivity index (χ2v) is 11.2. The highest BCUT2D eigenvalue weighted by Crippen LogP contribution is 2.39. The number of halogens is 1. The van der Waals surface area contributed by atoms with Gasteiger partial charge in [0.05, 0.1) is 6.54 Å². The fraction of sp³-hybridized carbons (Fsp3) is 0.421. The van der Waals surface area contributed by atoms with Crippen molar-refractivity contribution in [1.82, 2.24) is 14.1 Å². The van der Waals surface area contributed by atoms with Crippen molar-refractivity contribution in [2.45, 2.75) is 9.58 Å². The minimum atomic E-state index is -3.45. The van der Waals surface area contributed by atoms with Crippen LogP contribution >= 0.6 is 23.1 Å². The van der Waals surface area contributed by atoms with Crippen LogP contribution in [0.3, 0.4) is 0 Å². The van der Waals surface area contributed by atoms with Crippen LogP contribution in [0.25, 0.3) is 0 Å². The summed E-state index contributed by atoms with van der Waals surface area (Å²) in [6.45, 7) is 2.54. The number of hydrogen-bond donors (Lipinski definition) is 0. The van der Waals surface area contributed by atoms with Crippen LogP contribution in [0.5, 0.6) is 0 Å². The van der Waals surface area contributed by atoms with Crippen molar-refractivity contribution in [3.8, 4) is 0 Å². The van der Waals surface area contributed by atoms with E-state index in [9.17, 15) is 17.6 Å². The van der Waals surface area contributed by atoms with E-state index >= 15 is 0 Å². The van der Waals surface area contributed by atoms with Crippen molar-refractivity contribution < 1.29 is 17.6 Å². The Balaban J connectivity index is 1.36. The molecule has 6 nitrogen and oxygen atoms in total. The summed E-state index contributed by atoms with van der Waals surface area (Å²) >= 11 is 2.78. The van der Waals surface area contributed by atoms with Gasteiger partial charge in [0.15, 0.2) is 0 Å². The van der Waals surface area contributed by atoms with Gasteiger partial charge in [0.1, 0.15) is 15.4 Å². The minimum absolute atomic E-state index is 0.0437. The monoisotopic (exact) mass is 455 g/mol. The second-order valence-electron chi connectivity index (χ2n) is 6.94. The summed E-state index contributed by atoms with van der Waals surface area (Å²) in [6.07, 6.45) is 0. The van der Waals surface area contributed by atoms with Gasteiger partial charge in [-0.2, -0.15) is 4.31 Å². The molecule has 1 aromatic heterocycles. The number of thiophene rings is 1. The van der Waals surface area contributed by atoms with Gasteiger partial charge >= 0.3 is 0 Å². The molecule has 0 radical (unpaired) electrons. The van der Waals surface area contributed by atoms with Crippen LogP contribution in [0.1, 0.15) is 10.9 Å². The Morgan fingerprint density at radius 1 is 1.07 bits per heavy atom. The van der Waals surface area contributed by atoms with Gasteiger partial charge in [-0.25, -0.2) is 12.8 Å². The molecule has 1 amide bonds. The Bertz CT molecular complexity index is 960. The summed E-state index contributed by atoms with van der Waals surface area (Å²) in [6, 6.07) is 9.93. The highest BCUT2D eigenvalue weighted by atomic mass is 32.2. The van der Waals surface area contributed by atoms with Gasteiger partial charge in [0.25, 0.3) is 10.0 Å². The average molecular weight is 456 g/mol. The van der Waals surface area contributed by atoms with Crippen molar-refractivity contribution in [2.24, 2.45) is 0 Å². The van der Waals surface area contributed by atoms with Gasteiger partial charge < -0.3 is 4.90 Å². The Kier molecular flexibility index (Phi) is 6.26. The third kappa shape index (κ3) is 4.36. The van der Waals surface area contributed by atoms with Crippen LogP contribution < -0.4 is 0 Å². The maximum Gasteiger partial charge on any atom is 0.252 e. The lowest BCUT2D eigenvalue weighted by Crippen LogP contribution is -2.51. The summed E-state index contributed by atoms with van der Waals surface area (Å²) in [5, 5.41) is 1.45. The molecular formula is C19H22FN3O3S3. The van der Waals surface area contributed by atoms with E-state index in [0.29, 0.717) is 42.5 Å². The van der Waals surface area contributed by atoms with E-state index in [2.05, 4.69) is 0 Å². The number of carbonyl (C=O) groups excluding carboxylic acids is 1. The zero-order valence-electron chi connectivity index (χ0n) is 15.7. The lowest BCUT2D eigenvalue weighted by atomic mass is 10.2. The number of sulfonamides is 1. The Morgan fingerprint density at radius 2 is 1.83 bits per heavy atom. The van der Waals surface area contributed by atoms with Crippen LogP contribution in [0.15, 0.2) is 46.0 Å². The van der Waals surface area contributed by atoms with Crippen molar-refractivity contribution >= 4 is 39.0 Å². The first-order chi connectivity index (χ1) is 14.0. The molecule has 1 atom stereocenters. The topological polar surface area (TPSA) is 60.9 Å². The van der Waals surface area contributed by atoms with Crippen molar-refractivity contribution in [1.29, 1.82) is 0 Å². The lowest BCUT2D eigenvalue weighted by Gasteiger charge is -2.34. The van der Waals surface area contributed by atoms with E-state index in [-0.39, 0.29) is 23.6 Å². The van der Waals surface area contributed by atoms with Gasteiger partial charge in [-0.15, -0.1) is 23.1 Å². The molecule has 0 bridgehead atoms. The van der Waals surface area contributed by atoms with Gasteiger partial charge in [0.2, 0.25) is 5.91 Å². The zero-order chi connectivity index (χ0) is 20.4. The average Bonchev–Trinajstić information content (AvgIpc) is 3.41. The molecule has 0 saturated carbocycles. The van der Waals surface area contributed by atoms with E-state index < -0.39 is 10.0 Å². The predicted molar refractivity (Wildman–Crippen MR) is 113 cm³/mol. The number of piperazine rings is 1. The predicted octanol–water partition coefficient (Wildman–Crippen LogP) is 2.47. The van der Waals surface area contributed by atoms with Gasteiger partial charge in [0, 0.05) is 44.0 Å². The largest absolute Gasteiger partial charge is 0.325 e. The number of benzene rings is 1. The lowest BCUT2D eigenvalue weighted by molar-refractivity contribution is -0.132.